The van der Waals surface area contributed by atoms with Gasteiger partial charge in [-0.3, -0.25) is 0 Å². The monoisotopic (exact) mass is 210 g/mol. The number of benzene rings is 1. The van der Waals surface area contributed by atoms with Crippen molar-refractivity contribution in [3.63, 3.8) is 0 Å². The van der Waals surface area contributed by atoms with E-state index < -0.39 is 0 Å². The molecule has 0 saturated heterocycles. The average molecular weight is 211 g/mol. The van der Waals surface area contributed by atoms with E-state index in [9.17, 15) is 0 Å². The maximum Gasteiger partial charge on any atom is 0.101 e. The highest BCUT2D eigenvalue weighted by Crippen LogP contribution is 2.20. The lowest BCUT2D eigenvalue weighted by Gasteiger charge is -2.13. The van der Waals surface area contributed by atoms with Crippen molar-refractivity contribution in [2.75, 3.05) is 11.9 Å². The lowest BCUT2D eigenvalue weighted by molar-refractivity contribution is 0.281. The van der Waals surface area contributed by atoms with Crippen LogP contribution in [0.15, 0.2) is 18.2 Å². The second-order valence-electron chi connectivity index (χ2n) is 3.03. The van der Waals surface area contributed by atoms with Gasteiger partial charge in [0.1, 0.15) is 6.07 Å². The summed E-state index contributed by atoms with van der Waals surface area (Å²) in [6.07, 6.45) is 0. The molecule has 0 radical (unpaired) electrons. The Balaban J connectivity index is 2.92. The first-order chi connectivity index (χ1) is 6.67. The Hall–Kier alpha value is -1.24. The summed E-state index contributed by atoms with van der Waals surface area (Å²) in [7, 11) is 0. The molecule has 0 aromatic heterocycles. The maximum atomic E-state index is 8.84. The number of nitrogens with one attached hydrogen (secondary N) is 1. The minimum Gasteiger partial charge on any atom is -0.394 e. The van der Waals surface area contributed by atoms with Gasteiger partial charge in [-0.15, -0.1) is 0 Å². The molecule has 0 aliphatic heterocycles. The van der Waals surface area contributed by atoms with Crippen LogP contribution in [0.4, 0.5) is 5.69 Å². The number of hydrogen-bond donors (Lipinski definition) is 2. The molecule has 0 amide bonds. The lowest BCUT2D eigenvalue weighted by Crippen LogP contribution is -2.19. The summed E-state index contributed by atoms with van der Waals surface area (Å²) in [6, 6.07) is 6.98. The molecule has 4 heteroatoms. The Morgan fingerprint density at radius 3 is 2.93 bits per heavy atom. The molecule has 0 fully saturated rings. The molecule has 1 aromatic carbocycles. The number of nitrogens with zero attached hydrogens (tertiary/aromatic N) is 1. The normalized spacial score (nSPS) is 11.9. The van der Waals surface area contributed by atoms with Crippen LogP contribution in [-0.2, 0) is 0 Å². The number of hydrogen-bond acceptors (Lipinski definition) is 3. The first-order valence-electron chi connectivity index (χ1n) is 4.24. The molecule has 0 spiro atoms. The molecule has 0 saturated carbocycles. The molecule has 0 aliphatic rings. The first kappa shape index (κ1) is 10.8. The van der Waals surface area contributed by atoms with Crippen molar-refractivity contribution in [1.82, 2.24) is 0 Å². The summed E-state index contributed by atoms with van der Waals surface area (Å²) in [4.78, 5) is 0. The summed E-state index contributed by atoms with van der Waals surface area (Å²) in [5, 5.41) is 21.2. The van der Waals surface area contributed by atoms with Crippen molar-refractivity contribution in [3.8, 4) is 6.07 Å². The Morgan fingerprint density at radius 1 is 1.64 bits per heavy atom. The van der Waals surface area contributed by atoms with Gasteiger partial charge in [0.2, 0.25) is 0 Å². The molecule has 1 aromatic rings. The van der Waals surface area contributed by atoms with Gasteiger partial charge in [0.25, 0.3) is 0 Å². The van der Waals surface area contributed by atoms with Crippen molar-refractivity contribution < 1.29 is 5.11 Å². The Kier molecular flexibility index (Phi) is 3.75. The summed E-state index contributed by atoms with van der Waals surface area (Å²) in [6.45, 7) is 1.85. The third-order valence-corrected chi connectivity index (χ3v) is 2.01. The molecule has 1 rings (SSSR count). The second kappa shape index (κ2) is 4.85. The van der Waals surface area contributed by atoms with Crippen LogP contribution in [0.25, 0.3) is 0 Å². The molecule has 0 unspecified atom stereocenters. The van der Waals surface area contributed by atoms with Gasteiger partial charge in [0.15, 0.2) is 0 Å². The van der Waals surface area contributed by atoms with Crippen LogP contribution >= 0.6 is 11.6 Å². The summed E-state index contributed by atoms with van der Waals surface area (Å²) >= 11 is 5.74. The van der Waals surface area contributed by atoms with Crippen molar-refractivity contribution >= 4 is 17.3 Å². The van der Waals surface area contributed by atoms with Gasteiger partial charge in [-0.1, -0.05) is 11.6 Å². The van der Waals surface area contributed by atoms with E-state index in [2.05, 4.69) is 5.32 Å². The van der Waals surface area contributed by atoms with Crippen LogP contribution in [0.3, 0.4) is 0 Å². The van der Waals surface area contributed by atoms with E-state index in [1.165, 1.54) is 0 Å². The molecule has 2 N–H and O–H groups in total. The quantitative estimate of drug-likeness (QED) is 0.803. The number of halogens is 1. The summed E-state index contributed by atoms with van der Waals surface area (Å²) in [5.74, 6) is 0. The van der Waals surface area contributed by atoms with Gasteiger partial charge >= 0.3 is 0 Å². The van der Waals surface area contributed by atoms with Crippen molar-refractivity contribution in [2.45, 2.75) is 13.0 Å². The topological polar surface area (TPSA) is 56.0 Å². The van der Waals surface area contributed by atoms with E-state index in [1.54, 1.807) is 18.2 Å². The minimum absolute atomic E-state index is 0.0213. The third kappa shape index (κ3) is 2.63. The predicted molar refractivity (Wildman–Crippen MR) is 56.3 cm³/mol. The summed E-state index contributed by atoms with van der Waals surface area (Å²) < 4.78 is 0. The molecule has 0 bridgehead atoms. The predicted octanol–water partition coefficient (Wildman–Crippen LogP) is 2.00. The zero-order valence-electron chi connectivity index (χ0n) is 7.79. The maximum absolute atomic E-state index is 8.84. The smallest absolute Gasteiger partial charge is 0.101 e. The first-order valence-corrected chi connectivity index (χ1v) is 4.62. The second-order valence-corrected chi connectivity index (χ2v) is 3.47. The van der Waals surface area contributed by atoms with Crippen LogP contribution in [0, 0.1) is 11.3 Å². The number of nitriles is 1. The van der Waals surface area contributed by atoms with Crippen molar-refractivity contribution in [1.29, 1.82) is 5.26 Å². The van der Waals surface area contributed by atoms with Crippen LogP contribution in [-0.4, -0.2) is 17.8 Å². The highest BCUT2D eigenvalue weighted by atomic mass is 35.5. The molecule has 3 nitrogen and oxygen atoms in total. The number of rotatable bonds is 3. The van der Waals surface area contributed by atoms with Gasteiger partial charge in [-0.05, 0) is 25.1 Å². The van der Waals surface area contributed by atoms with E-state index in [4.69, 9.17) is 22.0 Å². The number of anilines is 1. The Bertz CT molecular complexity index is 360. The zero-order chi connectivity index (χ0) is 10.6. The van der Waals surface area contributed by atoms with Gasteiger partial charge in [-0.25, -0.2) is 0 Å². The van der Waals surface area contributed by atoms with Crippen molar-refractivity contribution in [2.24, 2.45) is 0 Å². The highest BCUT2D eigenvalue weighted by Gasteiger charge is 2.05. The molecule has 0 heterocycles. The van der Waals surface area contributed by atoms with Gasteiger partial charge in [-0.2, -0.15) is 5.26 Å². The van der Waals surface area contributed by atoms with Crippen LogP contribution in [0.2, 0.25) is 5.02 Å². The van der Waals surface area contributed by atoms with E-state index in [-0.39, 0.29) is 12.6 Å². The fourth-order valence-electron chi connectivity index (χ4n) is 1.05. The fraction of sp³-hybridized carbons (Fsp3) is 0.300. The van der Waals surface area contributed by atoms with E-state index in [0.717, 1.165) is 0 Å². The van der Waals surface area contributed by atoms with Gasteiger partial charge in [0.05, 0.1) is 17.9 Å². The molecule has 74 valence electrons. The third-order valence-electron chi connectivity index (χ3n) is 1.78. The lowest BCUT2D eigenvalue weighted by atomic mass is 10.2. The SMILES string of the molecule is C[C@@H](CO)Nc1ccc(Cl)cc1C#N. The fourth-order valence-corrected chi connectivity index (χ4v) is 1.22. The van der Waals surface area contributed by atoms with Crippen LogP contribution in [0.1, 0.15) is 12.5 Å². The molecule has 14 heavy (non-hydrogen) atoms. The Labute approximate surface area is 87.9 Å². The van der Waals surface area contributed by atoms with E-state index in [1.807, 2.05) is 13.0 Å². The Morgan fingerprint density at radius 2 is 2.36 bits per heavy atom. The number of aliphatic hydroxyl groups excluding tert-OH is 1. The van der Waals surface area contributed by atoms with Crippen LogP contribution in [0.5, 0.6) is 0 Å². The molecule has 1 atom stereocenters. The highest BCUT2D eigenvalue weighted by molar-refractivity contribution is 6.30. The van der Waals surface area contributed by atoms with E-state index in [0.29, 0.717) is 16.3 Å². The molecule has 0 aliphatic carbocycles. The number of aliphatic hydroxyl groups is 1. The minimum atomic E-state index is -0.0803. The van der Waals surface area contributed by atoms with Crippen LogP contribution < -0.4 is 5.32 Å². The van der Waals surface area contributed by atoms with Gasteiger partial charge in [0, 0.05) is 11.1 Å². The van der Waals surface area contributed by atoms with Gasteiger partial charge < -0.3 is 10.4 Å². The summed E-state index contributed by atoms with van der Waals surface area (Å²) in [5.41, 5.74) is 1.18. The molecular weight excluding hydrogens is 200 g/mol. The standard InChI is InChI=1S/C10H11ClN2O/c1-7(6-14)13-10-3-2-9(11)4-8(10)5-12/h2-4,7,13-14H,6H2,1H3/t7-/m0/s1. The zero-order valence-corrected chi connectivity index (χ0v) is 8.54. The van der Waals surface area contributed by atoms with Crippen molar-refractivity contribution in [3.05, 3.63) is 28.8 Å². The largest absolute Gasteiger partial charge is 0.394 e. The molecular formula is C10H11ClN2O. The van der Waals surface area contributed by atoms with E-state index >= 15 is 0 Å². The average Bonchev–Trinajstić information content (AvgIpc) is 2.20.